The SMILES string of the molecule is Cc1nn(C)c(Cl)c1Cn1ccc2ccc(C=O)cc21. The number of aromatic nitrogens is 3. The van der Waals surface area contributed by atoms with Crippen molar-refractivity contribution in [3.8, 4) is 0 Å². The minimum Gasteiger partial charge on any atom is -0.343 e. The monoisotopic (exact) mass is 287 g/mol. The fraction of sp³-hybridized carbons (Fsp3) is 0.200. The molecule has 3 aromatic rings. The molecule has 0 bridgehead atoms. The molecule has 5 heteroatoms. The van der Waals surface area contributed by atoms with Gasteiger partial charge in [0.1, 0.15) is 11.4 Å². The van der Waals surface area contributed by atoms with Crippen molar-refractivity contribution in [3.05, 3.63) is 52.4 Å². The first-order valence-corrected chi connectivity index (χ1v) is 6.70. The van der Waals surface area contributed by atoms with Crippen LogP contribution in [0.4, 0.5) is 0 Å². The first-order chi connectivity index (χ1) is 9.60. The summed E-state index contributed by atoms with van der Waals surface area (Å²) in [5, 5.41) is 6.07. The van der Waals surface area contributed by atoms with E-state index in [4.69, 9.17) is 11.6 Å². The van der Waals surface area contributed by atoms with E-state index < -0.39 is 0 Å². The van der Waals surface area contributed by atoms with E-state index in [1.165, 1.54) is 0 Å². The second kappa shape index (κ2) is 4.80. The van der Waals surface area contributed by atoms with Gasteiger partial charge in [0.2, 0.25) is 0 Å². The van der Waals surface area contributed by atoms with Crippen LogP contribution in [0.15, 0.2) is 30.5 Å². The van der Waals surface area contributed by atoms with Gasteiger partial charge in [0.05, 0.1) is 12.2 Å². The summed E-state index contributed by atoms with van der Waals surface area (Å²) in [4.78, 5) is 10.9. The van der Waals surface area contributed by atoms with Crippen LogP contribution in [0.25, 0.3) is 10.9 Å². The van der Waals surface area contributed by atoms with Gasteiger partial charge in [-0.1, -0.05) is 23.7 Å². The lowest BCUT2D eigenvalue weighted by molar-refractivity contribution is 0.112. The summed E-state index contributed by atoms with van der Waals surface area (Å²) in [5.41, 5.74) is 3.62. The number of hydrogen-bond acceptors (Lipinski definition) is 2. The number of halogens is 1. The highest BCUT2D eigenvalue weighted by Gasteiger charge is 2.12. The van der Waals surface area contributed by atoms with Gasteiger partial charge in [-0.15, -0.1) is 0 Å². The lowest BCUT2D eigenvalue weighted by Gasteiger charge is -2.06. The minimum atomic E-state index is 0.643. The Kier molecular flexibility index (Phi) is 3.10. The number of fused-ring (bicyclic) bond motifs is 1. The molecule has 0 saturated heterocycles. The molecule has 1 aromatic carbocycles. The van der Waals surface area contributed by atoms with Crippen molar-refractivity contribution >= 4 is 28.8 Å². The van der Waals surface area contributed by atoms with E-state index in [9.17, 15) is 4.79 Å². The molecule has 2 heterocycles. The molecule has 0 spiro atoms. The molecule has 0 aliphatic heterocycles. The maximum absolute atomic E-state index is 10.9. The molecular formula is C15H14ClN3O. The summed E-state index contributed by atoms with van der Waals surface area (Å²) in [6, 6.07) is 7.70. The Hall–Kier alpha value is -2.07. The molecule has 0 unspecified atom stereocenters. The fourth-order valence-electron chi connectivity index (χ4n) is 2.44. The van der Waals surface area contributed by atoms with Crippen LogP contribution >= 0.6 is 11.6 Å². The molecule has 0 aliphatic carbocycles. The van der Waals surface area contributed by atoms with E-state index in [1.54, 1.807) is 4.68 Å². The first kappa shape index (κ1) is 12.9. The summed E-state index contributed by atoms with van der Waals surface area (Å²) < 4.78 is 3.76. The highest BCUT2D eigenvalue weighted by atomic mass is 35.5. The normalized spacial score (nSPS) is 11.2. The smallest absolute Gasteiger partial charge is 0.150 e. The number of carbonyl (C=O) groups is 1. The third-order valence-electron chi connectivity index (χ3n) is 3.53. The molecule has 0 saturated carbocycles. The molecule has 20 heavy (non-hydrogen) atoms. The number of aldehydes is 1. The van der Waals surface area contributed by atoms with Crippen molar-refractivity contribution in [3.63, 3.8) is 0 Å². The van der Waals surface area contributed by atoms with Crippen LogP contribution in [0.3, 0.4) is 0 Å². The van der Waals surface area contributed by atoms with Gasteiger partial charge in [-0.3, -0.25) is 9.48 Å². The largest absolute Gasteiger partial charge is 0.343 e. The predicted octanol–water partition coefficient (Wildman–Crippen LogP) is 3.20. The Bertz CT molecular complexity index is 801. The summed E-state index contributed by atoms with van der Waals surface area (Å²) in [6.45, 7) is 2.59. The van der Waals surface area contributed by atoms with Gasteiger partial charge in [-0.25, -0.2) is 0 Å². The molecule has 0 atom stereocenters. The number of carbonyl (C=O) groups excluding carboxylic acids is 1. The first-order valence-electron chi connectivity index (χ1n) is 6.32. The van der Waals surface area contributed by atoms with Crippen molar-refractivity contribution in [2.24, 2.45) is 7.05 Å². The van der Waals surface area contributed by atoms with Crippen LogP contribution in [-0.4, -0.2) is 20.6 Å². The molecule has 0 N–H and O–H groups in total. The summed E-state index contributed by atoms with van der Waals surface area (Å²) >= 11 is 6.27. The van der Waals surface area contributed by atoms with E-state index in [0.29, 0.717) is 17.3 Å². The van der Waals surface area contributed by atoms with E-state index in [2.05, 4.69) is 9.67 Å². The van der Waals surface area contributed by atoms with Crippen molar-refractivity contribution in [2.45, 2.75) is 13.5 Å². The standard InChI is InChI=1S/C15H14ClN3O/c1-10-13(15(16)18(2)17-10)8-19-6-5-12-4-3-11(9-20)7-14(12)19/h3-7,9H,8H2,1-2H3. The molecule has 102 valence electrons. The number of benzene rings is 1. The average Bonchev–Trinajstić information content (AvgIpc) is 2.95. The van der Waals surface area contributed by atoms with Crippen LogP contribution in [-0.2, 0) is 13.6 Å². The third kappa shape index (κ3) is 2.02. The van der Waals surface area contributed by atoms with Gasteiger partial charge in [0.25, 0.3) is 0 Å². The van der Waals surface area contributed by atoms with Gasteiger partial charge >= 0.3 is 0 Å². The second-order valence-corrected chi connectivity index (χ2v) is 5.22. The van der Waals surface area contributed by atoms with Crippen molar-refractivity contribution in [1.82, 2.24) is 14.3 Å². The van der Waals surface area contributed by atoms with Gasteiger partial charge in [0.15, 0.2) is 0 Å². The summed E-state index contributed by atoms with van der Waals surface area (Å²) in [5.74, 6) is 0. The topological polar surface area (TPSA) is 39.8 Å². The van der Waals surface area contributed by atoms with Gasteiger partial charge in [-0.2, -0.15) is 5.10 Å². The maximum Gasteiger partial charge on any atom is 0.150 e. The van der Waals surface area contributed by atoms with E-state index in [-0.39, 0.29) is 0 Å². The molecule has 0 radical (unpaired) electrons. The van der Waals surface area contributed by atoms with Crippen LogP contribution in [0.2, 0.25) is 5.15 Å². The highest BCUT2D eigenvalue weighted by Crippen LogP contribution is 2.23. The van der Waals surface area contributed by atoms with Crippen molar-refractivity contribution < 1.29 is 4.79 Å². The average molecular weight is 288 g/mol. The van der Waals surface area contributed by atoms with Crippen LogP contribution < -0.4 is 0 Å². The Morgan fingerprint density at radius 1 is 1.35 bits per heavy atom. The van der Waals surface area contributed by atoms with Crippen LogP contribution in [0, 0.1) is 6.92 Å². The van der Waals surface area contributed by atoms with E-state index in [1.807, 2.05) is 44.4 Å². The molecule has 0 fully saturated rings. The van der Waals surface area contributed by atoms with Crippen molar-refractivity contribution in [2.75, 3.05) is 0 Å². The summed E-state index contributed by atoms with van der Waals surface area (Å²) in [7, 11) is 1.83. The lowest BCUT2D eigenvalue weighted by Crippen LogP contribution is -1.99. The zero-order valence-corrected chi connectivity index (χ0v) is 12.1. The Labute approximate surface area is 121 Å². The lowest BCUT2D eigenvalue weighted by atomic mass is 10.2. The highest BCUT2D eigenvalue weighted by molar-refractivity contribution is 6.30. The van der Waals surface area contributed by atoms with E-state index in [0.717, 1.165) is 28.4 Å². The van der Waals surface area contributed by atoms with Crippen LogP contribution in [0.5, 0.6) is 0 Å². The number of rotatable bonds is 3. The Balaban J connectivity index is 2.08. The zero-order valence-electron chi connectivity index (χ0n) is 11.3. The predicted molar refractivity (Wildman–Crippen MR) is 79.4 cm³/mol. The molecular weight excluding hydrogens is 274 g/mol. The molecule has 4 nitrogen and oxygen atoms in total. The minimum absolute atomic E-state index is 0.643. The Morgan fingerprint density at radius 2 is 2.15 bits per heavy atom. The molecule has 0 amide bonds. The summed E-state index contributed by atoms with van der Waals surface area (Å²) in [6.07, 6.45) is 2.86. The molecule has 2 aromatic heterocycles. The second-order valence-electron chi connectivity index (χ2n) is 4.86. The van der Waals surface area contributed by atoms with Gasteiger partial charge in [-0.05, 0) is 24.4 Å². The quantitative estimate of drug-likeness (QED) is 0.694. The maximum atomic E-state index is 10.9. The Morgan fingerprint density at radius 3 is 2.80 bits per heavy atom. The molecule has 0 aliphatic rings. The number of nitrogens with zero attached hydrogens (tertiary/aromatic N) is 3. The van der Waals surface area contributed by atoms with Crippen molar-refractivity contribution in [1.29, 1.82) is 0 Å². The van der Waals surface area contributed by atoms with Gasteiger partial charge < -0.3 is 4.57 Å². The third-order valence-corrected chi connectivity index (χ3v) is 4.01. The van der Waals surface area contributed by atoms with Crippen LogP contribution in [0.1, 0.15) is 21.6 Å². The fourth-order valence-corrected chi connectivity index (χ4v) is 2.67. The molecule has 3 rings (SSSR count). The number of aryl methyl sites for hydroxylation is 2. The van der Waals surface area contributed by atoms with Gasteiger partial charge in [0, 0.05) is 29.9 Å². The van der Waals surface area contributed by atoms with E-state index >= 15 is 0 Å². The zero-order chi connectivity index (χ0) is 14.3. The number of hydrogen-bond donors (Lipinski definition) is 0.